The van der Waals surface area contributed by atoms with Crippen LogP contribution in [0.5, 0.6) is 0 Å². The first-order chi connectivity index (χ1) is 5.88. The Morgan fingerprint density at radius 2 is 2.33 bits per heavy atom. The van der Waals surface area contributed by atoms with Crippen LogP contribution in [0.25, 0.3) is 0 Å². The Balaban J connectivity index is 2.37. The van der Waals surface area contributed by atoms with Gasteiger partial charge in [0.1, 0.15) is 0 Å². The van der Waals surface area contributed by atoms with Crippen LogP contribution in [-0.4, -0.2) is 10.9 Å². The molecule has 0 spiro atoms. The lowest BCUT2D eigenvalue weighted by Crippen LogP contribution is -2.19. The molecule has 2 nitrogen and oxygen atoms in total. The molecule has 0 amide bonds. The maximum absolute atomic E-state index is 8.75. The van der Waals surface area contributed by atoms with E-state index in [1.807, 2.05) is 0 Å². The Kier molecular flexibility index (Phi) is 4.12. The van der Waals surface area contributed by atoms with E-state index in [1.165, 1.54) is 38.5 Å². The van der Waals surface area contributed by atoms with Gasteiger partial charge in [0.05, 0.1) is 5.71 Å². The van der Waals surface area contributed by atoms with E-state index in [-0.39, 0.29) is 0 Å². The van der Waals surface area contributed by atoms with Gasteiger partial charge in [0.15, 0.2) is 0 Å². The molecule has 1 saturated carbocycles. The van der Waals surface area contributed by atoms with Crippen LogP contribution in [0.4, 0.5) is 0 Å². The Bertz CT molecular complexity index is 154. The molecule has 70 valence electrons. The highest BCUT2D eigenvalue weighted by Crippen LogP contribution is 2.25. The van der Waals surface area contributed by atoms with Crippen LogP contribution >= 0.6 is 0 Å². The molecule has 1 atom stereocenters. The molecule has 1 rings (SSSR count). The predicted molar refractivity (Wildman–Crippen MR) is 50.7 cm³/mol. The molecule has 0 heterocycles. The smallest absolute Gasteiger partial charge is 0.0601 e. The predicted octanol–water partition coefficient (Wildman–Crippen LogP) is 3.20. The van der Waals surface area contributed by atoms with Gasteiger partial charge in [-0.1, -0.05) is 31.3 Å². The van der Waals surface area contributed by atoms with Crippen LogP contribution in [-0.2, 0) is 0 Å². The van der Waals surface area contributed by atoms with Crippen molar-refractivity contribution in [3.05, 3.63) is 0 Å². The Labute approximate surface area is 74.7 Å². The molecule has 1 unspecified atom stereocenters. The molecule has 0 aliphatic heterocycles. The lowest BCUT2D eigenvalue weighted by atomic mass is 9.84. The summed E-state index contributed by atoms with van der Waals surface area (Å²) in [5, 5.41) is 12.1. The van der Waals surface area contributed by atoms with E-state index in [4.69, 9.17) is 5.21 Å². The Morgan fingerprint density at radius 3 is 3.00 bits per heavy atom. The fourth-order valence-electron chi connectivity index (χ4n) is 1.96. The molecular weight excluding hydrogens is 150 g/mol. The highest BCUT2D eigenvalue weighted by Gasteiger charge is 2.19. The van der Waals surface area contributed by atoms with Crippen molar-refractivity contribution in [1.29, 1.82) is 0 Å². The van der Waals surface area contributed by atoms with Gasteiger partial charge in [-0.15, -0.1) is 0 Å². The number of unbranched alkanes of at least 4 members (excludes halogenated alkanes) is 1. The first-order valence-electron chi connectivity index (χ1n) is 5.09. The topological polar surface area (TPSA) is 32.6 Å². The summed E-state index contributed by atoms with van der Waals surface area (Å²) < 4.78 is 0. The number of oxime groups is 1. The average molecular weight is 169 g/mol. The van der Waals surface area contributed by atoms with E-state index >= 15 is 0 Å². The molecule has 0 aromatic heterocycles. The zero-order valence-electron chi connectivity index (χ0n) is 7.92. The first-order valence-corrected chi connectivity index (χ1v) is 5.09. The van der Waals surface area contributed by atoms with E-state index in [1.54, 1.807) is 0 Å². The van der Waals surface area contributed by atoms with Gasteiger partial charge in [-0.2, -0.15) is 0 Å². The van der Waals surface area contributed by atoms with E-state index in [0.29, 0.717) is 5.92 Å². The summed E-state index contributed by atoms with van der Waals surface area (Å²) in [5.41, 5.74) is 1.05. The van der Waals surface area contributed by atoms with E-state index in [0.717, 1.165) is 12.1 Å². The van der Waals surface area contributed by atoms with E-state index in [9.17, 15) is 0 Å². The standard InChI is InChI=1S/C10H19NO/c1-2-3-6-9-7-4-5-8-10(9)11-12/h9,12H,2-8H2,1H3/b11-10+. The molecule has 12 heavy (non-hydrogen) atoms. The number of hydrogen-bond acceptors (Lipinski definition) is 2. The maximum Gasteiger partial charge on any atom is 0.0601 e. The van der Waals surface area contributed by atoms with Gasteiger partial charge in [-0.05, 0) is 25.7 Å². The highest BCUT2D eigenvalue weighted by atomic mass is 16.4. The van der Waals surface area contributed by atoms with Crippen LogP contribution in [0.15, 0.2) is 5.16 Å². The summed E-state index contributed by atoms with van der Waals surface area (Å²) in [5.74, 6) is 0.587. The van der Waals surface area contributed by atoms with E-state index in [2.05, 4.69) is 12.1 Å². The second kappa shape index (κ2) is 5.18. The van der Waals surface area contributed by atoms with Gasteiger partial charge in [0.25, 0.3) is 0 Å². The van der Waals surface area contributed by atoms with Crippen molar-refractivity contribution in [3.63, 3.8) is 0 Å². The second-order valence-electron chi connectivity index (χ2n) is 3.68. The quantitative estimate of drug-likeness (QED) is 0.510. The molecule has 0 bridgehead atoms. The second-order valence-corrected chi connectivity index (χ2v) is 3.68. The van der Waals surface area contributed by atoms with Crippen molar-refractivity contribution in [2.45, 2.75) is 51.9 Å². The van der Waals surface area contributed by atoms with Crippen LogP contribution in [0.2, 0.25) is 0 Å². The molecular formula is C10H19NO. The van der Waals surface area contributed by atoms with Gasteiger partial charge in [0.2, 0.25) is 0 Å². The monoisotopic (exact) mass is 169 g/mol. The van der Waals surface area contributed by atoms with Crippen molar-refractivity contribution < 1.29 is 5.21 Å². The number of rotatable bonds is 3. The van der Waals surface area contributed by atoms with Gasteiger partial charge < -0.3 is 5.21 Å². The third kappa shape index (κ3) is 2.50. The van der Waals surface area contributed by atoms with Gasteiger partial charge in [0, 0.05) is 5.92 Å². The molecule has 0 saturated heterocycles. The first kappa shape index (κ1) is 9.56. The summed E-state index contributed by atoms with van der Waals surface area (Å²) in [6, 6.07) is 0. The third-order valence-corrected chi connectivity index (χ3v) is 2.74. The highest BCUT2D eigenvalue weighted by molar-refractivity contribution is 5.86. The molecule has 0 aromatic rings. The van der Waals surface area contributed by atoms with Gasteiger partial charge in [-0.25, -0.2) is 0 Å². The van der Waals surface area contributed by atoms with Crippen molar-refractivity contribution in [2.75, 3.05) is 0 Å². The fraction of sp³-hybridized carbons (Fsp3) is 0.900. The van der Waals surface area contributed by atoms with Crippen molar-refractivity contribution >= 4 is 5.71 Å². The summed E-state index contributed by atoms with van der Waals surface area (Å²) in [6.07, 6.45) is 8.51. The molecule has 1 N–H and O–H groups in total. The van der Waals surface area contributed by atoms with Crippen LogP contribution in [0, 0.1) is 5.92 Å². The van der Waals surface area contributed by atoms with Crippen molar-refractivity contribution in [3.8, 4) is 0 Å². The average Bonchev–Trinajstić information content (AvgIpc) is 2.15. The van der Waals surface area contributed by atoms with Gasteiger partial charge >= 0.3 is 0 Å². The number of hydrogen-bond donors (Lipinski definition) is 1. The van der Waals surface area contributed by atoms with E-state index < -0.39 is 0 Å². The normalized spacial score (nSPS) is 27.8. The van der Waals surface area contributed by atoms with Gasteiger partial charge in [-0.3, -0.25) is 0 Å². The zero-order chi connectivity index (χ0) is 8.81. The Hall–Kier alpha value is -0.530. The molecule has 2 heteroatoms. The fourth-order valence-corrected chi connectivity index (χ4v) is 1.96. The SMILES string of the molecule is CCCCC1CCCC/C1=N\O. The molecule has 0 radical (unpaired) electrons. The largest absolute Gasteiger partial charge is 0.411 e. The minimum absolute atomic E-state index is 0.587. The van der Waals surface area contributed by atoms with Crippen molar-refractivity contribution in [2.24, 2.45) is 11.1 Å². The van der Waals surface area contributed by atoms with Crippen LogP contribution in [0.3, 0.4) is 0 Å². The minimum Gasteiger partial charge on any atom is -0.411 e. The molecule has 0 aromatic carbocycles. The Morgan fingerprint density at radius 1 is 1.50 bits per heavy atom. The third-order valence-electron chi connectivity index (χ3n) is 2.74. The lowest BCUT2D eigenvalue weighted by Gasteiger charge is -2.22. The summed E-state index contributed by atoms with van der Waals surface area (Å²) in [6.45, 7) is 2.21. The summed E-state index contributed by atoms with van der Waals surface area (Å²) in [7, 11) is 0. The number of nitrogens with zero attached hydrogens (tertiary/aromatic N) is 1. The van der Waals surface area contributed by atoms with Crippen LogP contribution < -0.4 is 0 Å². The minimum atomic E-state index is 0.587. The summed E-state index contributed by atoms with van der Waals surface area (Å²) >= 11 is 0. The lowest BCUT2D eigenvalue weighted by molar-refractivity contribution is 0.307. The maximum atomic E-state index is 8.75. The molecule has 1 aliphatic carbocycles. The zero-order valence-corrected chi connectivity index (χ0v) is 7.92. The summed E-state index contributed by atoms with van der Waals surface area (Å²) in [4.78, 5) is 0. The molecule has 1 fully saturated rings. The molecule has 1 aliphatic rings. The van der Waals surface area contributed by atoms with Crippen LogP contribution in [0.1, 0.15) is 51.9 Å². The van der Waals surface area contributed by atoms with Crippen molar-refractivity contribution in [1.82, 2.24) is 0 Å².